The second-order valence-electron chi connectivity index (χ2n) is 4.94. The van der Waals surface area contributed by atoms with Crippen molar-refractivity contribution in [1.82, 2.24) is 4.90 Å². The Bertz CT molecular complexity index is 257. The highest BCUT2D eigenvalue weighted by atomic mass is 16.5. The van der Waals surface area contributed by atoms with Crippen LogP contribution in [-0.2, 0) is 9.53 Å². The first-order valence-corrected chi connectivity index (χ1v) is 6.26. The Morgan fingerprint density at radius 1 is 1.44 bits per heavy atom. The van der Waals surface area contributed by atoms with Gasteiger partial charge in [0, 0.05) is 12.6 Å². The summed E-state index contributed by atoms with van der Waals surface area (Å²) in [6, 6.07) is 0.0367. The number of hydrogen-bond donors (Lipinski definition) is 1. The fourth-order valence-electron chi connectivity index (χ4n) is 3.01. The Labute approximate surface area is 96.6 Å². The van der Waals surface area contributed by atoms with Gasteiger partial charge in [0.2, 0.25) is 0 Å². The zero-order chi connectivity index (χ0) is 11.5. The van der Waals surface area contributed by atoms with Crippen LogP contribution < -0.4 is 0 Å². The molecule has 1 saturated carbocycles. The van der Waals surface area contributed by atoms with Crippen molar-refractivity contribution < 1.29 is 14.6 Å². The molecule has 0 aromatic heterocycles. The van der Waals surface area contributed by atoms with Gasteiger partial charge in [0.1, 0.15) is 6.04 Å². The van der Waals surface area contributed by atoms with Gasteiger partial charge < -0.3 is 9.84 Å². The topological polar surface area (TPSA) is 49.8 Å². The number of aliphatic carboxylic acids is 1. The Morgan fingerprint density at radius 3 is 2.94 bits per heavy atom. The molecule has 4 nitrogen and oxygen atoms in total. The van der Waals surface area contributed by atoms with Crippen molar-refractivity contribution in [3.8, 4) is 0 Å². The molecule has 0 spiro atoms. The van der Waals surface area contributed by atoms with E-state index < -0.39 is 5.97 Å². The van der Waals surface area contributed by atoms with Crippen LogP contribution in [0.25, 0.3) is 0 Å². The van der Waals surface area contributed by atoms with Gasteiger partial charge in [-0.3, -0.25) is 9.69 Å². The maximum absolute atomic E-state index is 11.1. The van der Waals surface area contributed by atoms with Crippen LogP contribution in [0.15, 0.2) is 0 Å². The molecule has 0 radical (unpaired) electrons. The predicted molar refractivity (Wildman–Crippen MR) is 60.4 cm³/mol. The monoisotopic (exact) mass is 227 g/mol. The van der Waals surface area contributed by atoms with Crippen molar-refractivity contribution in [2.75, 3.05) is 19.8 Å². The van der Waals surface area contributed by atoms with E-state index in [0.29, 0.717) is 18.6 Å². The largest absolute Gasteiger partial charge is 0.480 e. The van der Waals surface area contributed by atoms with Crippen molar-refractivity contribution in [2.24, 2.45) is 5.92 Å². The summed E-state index contributed by atoms with van der Waals surface area (Å²) in [7, 11) is 0. The SMILES string of the molecule is C[C@H](C(=O)O)N1CCOC[C@@H]2CCCC[C@@H]21. The molecule has 2 rings (SSSR count). The lowest BCUT2D eigenvalue weighted by molar-refractivity contribution is -0.144. The van der Waals surface area contributed by atoms with Crippen LogP contribution in [-0.4, -0.2) is 47.8 Å². The normalized spacial score (nSPS) is 33.8. The van der Waals surface area contributed by atoms with Gasteiger partial charge in [-0.1, -0.05) is 12.8 Å². The molecule has 92 valence electrons. The highest BCUT2D eigenvalue weighted by Crippen LogP contribution is 2.31. The highest BCUT2D eigenvalue weighted by molar-refractivity contribution is 5.72. The summed E-state index contributed by atoms with van der Waals surface area (Å²) < 4.78 is 5.59. The van der Waals surface area contributed by atoms with E-state index in [1.165, 1.54) is 19.3 Å². The Hall–Kier alpha value is -0.610. The van der Waals surface area contributed by atoms with Crippen molar-refractivity contribution >= 4 is 5.97 Å². The number of carboxylic acids is 1. The van der Waals surface area contributed by atoms with Gasteiger partial charge in [-0.2, -0.15) is 0 Å². The van der Waals surface area contributed by atoms with E-state index in [1.54, 1.807) is 6.92 Å². The third-order valence-electron chi connectivity index (χ3n) is 3.98. The number of carboxylic acid groups (broad SMARTS) is 1. The van der Waals surface area contributed by atoms with Crippen LogP contribution in [0.5, 0.6) is 0 Å². The summed E-state index contributed by atoms with van der Waals surface area (Å²) in [5, 5.41) is 9.13. The molecule has 0 bridgehead atoms. The lowest BCUT2D eigenvalue weighted by Crippen LogP contribution is -2.50. The summed E-state index contributed by atoms with van der Waals surface area (Å²) in [4.78, 5) is 13.2. The molecule has 1 aliphatic carbocycles. The predicted octanol–water partition coefficient (Wildman–Crippen LogP) is 1.35. The van der Waals surface area contributed by atoms with Crippen LogP contribution in [0, 0.1) is 5.92 Å². The number of fused-ring (bicyclic) bond motifs is 1. The van der Waals surface area contributed by atoms with Gasteiger partial charge in [-0.25, -0.2) is 0 Å². The fourth-order valence-corrected chi connectivity index (χ4v) is 3.01. The molecule has 1 N–H and O–H groups in total. The first-order valence-electron chi connectivity index (χ1n) is 6.26. The molecule has 0 amide bonds. The molecule has 0 aromatic rings. The molecule has 2 fully saturated rings. The number of nitrogens with zero attached hydrogens (tertiary/aromatic N) is 1. The lowest BCUT2D eigenvalue weighted by atomic mass is 9.83. The van der Waals surface area contributed by atoms with Gasteiger partial charge in [-0.15, -0.1) is 0 Å². The third-order valence-corrected chi connectivity index (χ3v) is 3.98. The quantitative estimate of drug-likeness (QED) is 0.773. The number of carbonyl (C=O) groups is 1. The van der Waals surface area contributed by atoms with Crippen molar-refractivity contribution in [1.29, 1.82) is 0 Å². The van der Waals surface area contributed by atoms with Gasteiger partial charge in [-0.05, 0) is 25.7 Å². The molecule has 1 aliphatic heterocycles. The second-order valence-corrected chi connectivity index (χ2v) is 4.94. The maximum atomic E-state index is 11.1. The molecule has 4 heteroatoms. The van der Waals surface area contributed by atoms with Crippen LogP contribution in [0.1, 0.15) is 32.6 Å². The summed E-state index contributed by atoms with van der Waals surface area (Å²) in [5.41, 5.74) is 0. The average Bonchev–Trinajstić information content (AvgIpc) is 2.50. The Kier molecular flexibility index (Phi) is 3.82. The van der Waals surface area contributed by atoms with Crippen LogP contribution in [0.3, 0.4) is 0 Å². The minimum atomic E-state index is -0.716. The molecule has 1 saturated heterocycles. The summed E-state index contributed by atoms with van der Waals surface area (Å²) in [5.74, 6) is -0.177. The number of rotatable bonds is 2. The van der Waals surface area contributed by atoms with Crippen LogP contribution in [0.4, 0.5) is 0 Å². The molecule has 16 heavy (non-hydrogen) atoms. The van der Waals surface area contributed by atoms with Crippen molar-refractivity contribution in [3.05, 3.63) is 0 Å². The van der Waals surface area contributed by atoms with Crippen molar-refractivity contribution in [3.63, 3.8) is 0 Å². The Morgan fingerprint density at radius 2 is 2.19 bits per heavy atom. The molecular weight excluding hydrogens is 206 g/mol. The fraction of sp³-hybridized carbons (Fsp3) is 0.917. The average molecular weight is 227 g/mol. The minimum absolute atomic E-state index is 0.382. The van der Waals surface area contributed by atoms with E-state index >= 15 is 0 Å². The van der Waals surface area contributed by atoms with Gasteiger partial charge in [0.05, 0.1) is 13.2 Å². The molecule has 0 aromatic carbocycles. The zero-order valence-corrected chi connectivity index (χ0v) is 9.89. The van der Waals surface area contributed by atoms with E-state index in [-0.39, 0.29) is 6.04 Å². The highest BCUT2D eigenvalue weighted by Gasteiger charge is 2.36. The van der Waals surface area contributed by atoms with E-state index in [9.17, 15) is 4.79 Å². The lowest BCUT2D eigenvalue weighted by Gasteiger charge is -2.39. The van der Waals surface area contributed by atoms with Gasteiger partial charge >= 0.3 is 5.97 Å². The first-order chi connectivity index (χ1) is 7.70. The molecular formula is C12H21NO3. The summed E-state index contributed by atoms with van der Waals surface area (Å²) in [6.45, 7) is 4.03. The van der Waals surface area contributed by atoms with Crippen LogP contribution >= 0.6 is 0 Å². The number of hydrogen-bond acceptors (Lipinski definition) is 3. The molecule has 1 heterocycles. The first kappa shape index (κ1) is 11.9. The minimum Gasteiger partial charge on any atom is -0.480 e. The molecule has 0 unspecified atom stereocenters. The second kappa shape index (κ2) is 5.15. The summed E-state index contributed by atoms with van der Waals surface area (Å²) >= 11 is 0. The molecule has 2 aliphatic rings. The van der Waals surface area contributed by atoms with Gasteiger partial charge in [0.25, 0.3) is 0 Å². The zero-order valence-electron chi connectivity index (χ0n) is 9.89. The molecule has 3 atom stereocenters. The number of ether oxygens (including phenoxy) is 1. The van der Waals surface area contributed by atoms with Gasteiger partial charge in [0.15, 0.2) is 0 Å². The third kappa shape index (κ3) is 2.38. The van der Waals surface area contributed by atoms with E-state index in [4.69, 9.17) is 9.84 Å². The maximum Gasteiger partial charge on any atom is 0.320 e. The van der Waals surface area contributed by atoms with E-state index in [2.05, 4.69) is 4.90 Å². The standard InChI is InChI=1S/C12H21NO3/c1-9(12(14)15)13-6-7-16-8-10-4-2-3-5-11(10)13/h9-11H,2-8H2,1H3,(H,14,15)/t9-,10+,11+/m1/s1. The Balaban J connectivity index is 2.11. The smallest absolute Gasteiger partial charge is 0.320 e. The van der Waals surface area contributed by atoms with Crippen LogP contribution in [0.2, 0.25) is 0 Å². The van der Waals surface area contributed by atoms with E-state index in [0.717, 1.165) is 19.6 Å². The van der Waals surface area contributed by atoms with E-state index in [1.807, 2.05) is 0 Å². The van der Waals surface area contributed by atoms with Crippen molar-refractivity contribution in [2.45, 2.75) is 44.7 Å². The summed E-state index contributed by atoms with van der Waals surface area (Å²) in [6.07, 6.45) is 4.81.